The van der Waals surface area contributed by atoms with Crippen LogP contribution in [0.5, 0.6) is 5.75 Å². The van der Waals surface area contributed by atoms with Gasteiger partial charge in [-0.05, 0) is 78.1 Å². The van der Waals surface area contributed by atoms with Crippen molar-refractivity contribution >= 4 is 35.0 Å². The van der Waals surface area contributed by atoms with Crippen molar-refractivity contribution in [2.75, 3.05) is 50.2 Å². The zero-order chi connectivity index (χ0) is 45.5. The van der Waals surface area contributed by atoms with Crippen LogP contribution in [0.2, 0.25) is 0 Å². The number of anilines is 2. The van der Waals surface area contributed by atoms with Crippen molar-refractivity contribution in [2.24, 2.45) is 18.4 Å². The first-order valence-corrected chi connectivity index (χ1v) is 21.6. The highest BCUT2D eigenvalue weighted by molar-refractivity contribution is 6.04. The van der Waals surface area contributed by atoms with E-state index >= 15 is 0 Å². The molecule has 0 bridgehead atoms. The van der Waals surface area contributed by atoms with E-state index in [0.29, 0.717) is 67.3 Å². The second-order valence-electron chi connectivity index (χ2n) is 17.5. The van der Waals surface area contributed by atoms with Crippen LogP contribution in [0.3, 0.4) is 0 Å². The zero-order valence-corrected chi connectivity index (χ0v) is 37.1. The Hall–Kier alpha value is -6.62. The number of methoxy groups -OCH3 is 1. The number of ether oxygens (including phenoxy) is 2. The van der Waals surface area contributed by atoms with Crippen molar-refractivity contribution in [2.45, 2.75) is 71.2 Å². The molecule has 0 saturated carbocycles. The first-order valence-electron chi connectivity index (χ1n) is 21.6. The molecule has 64 heavy (non-hydrogen) atoms. The Morgan fingerprint density at radius 2 is 1.77 bits per heavy atom. The standard InChI is InChI=1S/C47H57FN10O6/c1-29-27-57(32-16-17-35(41(25-32)63-6)52-44(60)36-10-7-9-33(51-36)34-18-21-49-55-34)24-20-40(29)64-28-42(59)54-43(47(2,3)4)46(62)58-23-8-11-39(58)45(61)53-37(26-48)30-12-14-31(15-13-30)38-19-22-50-56(38)5/h7,9-10,12-19,21-22,25,29,37,39-40,43H,8,11,20,23-24,26-28H2,1-6H3,(H,49,55)(H,52,60)(H,53,61)(H,54,59)/t29-,37-,39+,40+,43-/m1/s1. The Bertz CT molecular complexity index is 2420. The fourth-order valence-electron chi connectivity index (χ4n) is 8.41. The van der Waals surface area contributed by atoms with Crippen LogP contribution < -0.4 is 25.6 Å². The minimum Gasteiger partial charge on any atom is -0.494 e. The van der Waals surface area contributed by atoms with E-state index in [4.69, 9.17) is 9.47 Å². The third kappa shape index (κ3) is 10.4. The number of hydrogen-bond donors (Lipinski definition) is 4. The number of aromatic nitrogens is 5. The summed E-state index contributed by atoms with van der Waals surface area (Å²) in [5.41, 5.74) is 4.70. The van der Waals surface area contributed by atoms with Crippen LogP contribution in [0, 0.1) is 11.3 Å². The number of nitrogens with zero attached hydrogens (tertiary/aromatic N) is 6. The van der Waals surface area contributed by atoms with Crippen LogP contribution in [0.1, 0.15) is 69.1 Å². The molecule has 2 saturated heterocycles. The number of alkyl halides is 1. The summed E-state index contributed by atoms with van der Waals surface area (Å²) in [6, 6.07) is 19.1. The first-order chi connectivity index (χ1) is 30.7. The summed E-state index contributed by atoms with van der Waals surface area (Å²) in [6.45, 7) is 8.24. The number of aryl methyl sites for hydroxylation is 1. The van der Waals surface area contributed by atoms with Crippen LogP contribution in [0.4, 0.5) is 15.8 Å². The normalized spacial score (nSPS) is 18.6. The fraction of sp³-hybridized carbons (Fsp3) is 0.426. The second kappa shape index (κ2) is 19.8. The molecule has 2 aliphatic rings. The average molecular weight is 877 g/mol. The number of rotatable bonds is 15. The van der Waals surface area contributed by atoms with Crippen LogP contribution in [-0.2, 0) is 26.2 Å². The summed E-state index contributed by atoms with van der Waals surface area (Å²) in [5.74, 6) is -1.07. The van der Waals surface area contributed by atoms with E-state index in [1.165, 1.54) is 4.90 Å². The van der Waals surface area contributed by atoms with Gasteiger partial charge in [-0.25, -0.2) is 9.37 Å². The predicted octanol–water partition coefficient (Wildman–Crippen LogP) is 5.71. The number of H-pyrrole nitrogens is 1. The van der Waals surface area contributed by atoms with Crippen molar-refractivity contribution in [3.63, 3.8) is 0 Å². The highest BCUT2D eigenvalue weighted by Crippen LogP contribution is 2.33. The minimum absolute atomic E-state index is 0.0520. The van der Waals surface area contributed by atoms with E-state index in [2.05, 4.69) is 48.1 Å². The van der Waals surface area contributed by atoms with Gasteiger partial charge in [-0.1, -0.05) is 58.0 Å². The summed E-state index contributed by atoms with van der Waals surface area (Å²) in [7, 11) is 3.39. The number of nitrogens with one attached hydrogen (secondary N) is 4. The van der Waals surface area contributed by atoms with E-state index in [1.807, 2.05) is 58.2 Å². The van der Waals surface area contributed by atoms with E-state index in [-0.39, 0.29) is 36.1 Å². The van der Waals surface area contributed by atoms with E-state index in [1.54, 1.807) is 66.6 Å². The maximum atomic E-state index is 14.4. The molecule has 16 nitrogen and oxygen atoms in total. The highest BCUT2D eigenvalue weighted by atomic mass is 19.1. The zero-order valence-electron chi connectivity index (χ0n) is 37.1. The Morgan fingerprint density at radius 3 is 2.44 bits per heavy atom. The largest absolute Gasteiger partial charge is 0.494 e. The van der Waals surface area contributed by atoms with Crippen LogP contribution >= 0.6 is 0 Å². The Morgan fingerprint density at radius 1 is 0.969 bits per heavy atom. The number of halogens is 1. The summed E-state index contributed by atoms with van der Waals surface area (Å²) in [5, 5.41) is 19.7. The number of aromatic amines is 1. The van der Waals surface area contributed by atoms with E-state index < -0.39 is 42.0 Å². The summed E-state index contributed by atoms with van der Waals surface area (Å²) in [6.07, 6.45) is 4.79. The number of carbonyl (C=O) groups excluding carboxylic acids is 4. The highest BCUT2D eigenvalue weighted by Gasteiger charge is 2.42. The molecule has 5 atom stereocenters. The number of benzene rings is 2. The summed E-state index contributed by atoms with van der Waals surface area (Å²) in [4.78, 5) is 62.7. The molecule has 0 spiro atoms. The van der Waals surface area contributed by atoms with Gasteiger partial charge in [-0.3, -0.25) is 29.0 Å². The molecule has 17 heteroatoms. The van der Waals surface area contributed by atoms with Crippen LogP contribution in [0.25, 0.3) is 22.6 Å². The number of amides is 4. The average Bonchev–Trinajstić information content (AvgIpc) is 4.10. The Labute approximate surface area is 372 Å². The summed E-state index contributed by atoms with van der Waals surface area (Å²) >= 11 is 0. The molecule has 2 aromatic carbocycles. The minimum atomic E-state index is -0.932. The van der Waals surface area contributed by atoms with Gasteiger partial charge in [0.15, 0.2) is 0 Å². The van der Waals surface area contributed by atoms with Gasteiger partial charge in [0.25, 0.3) is 5.91 Å². The van der Waals surface area contributed by atoms with Gasteiger partial charge < -0.3 is 35.2 Å². The number of piperidine rings is 1. The van der Waals surface area contributed by atoms with Crippen molar-refractivity contribution in [1.82, 2.24) is 40.5 Å². The first kappa shape index (κ1) is 45.4. The molecule has 0 unspecified atom stereocenters. The monoisotopic (exact) mass is 876 g/mol. The third-order valence-corrected chi connectivity index (χ3v) is 12.0. The van der Waals surface area contributed by atoms with E-state index in [0.717, 1.165) is 16.9 Å². The lowest BCUT2D eigenvalue weighted by molar-refractivity contribution is -0.145. The van der Waals surface area contributed by atoms with Gasteiger partial charge in [0.1, 0.15) is 36.8 Å². The maximum absolute atomic E-state index is 14.4. The third-order valence-electron chi connectivity index (χ3n) is 12.0. The molecule has 0 aliphatic carbocycles. The molecule has 5 heterocycles. The summed E-state index contributed by atoms with van der Waals surface area (Å²) < 4.78 is 28.0. The van der Waals surface area contributed by atoms with Crippen molar-refractivity contribution in [1.29, 1.82) is 0 Å². The van der Waals surface area contributed by atoms with Gasteiger partial charge in [0.05, 0.1) is 42.0 Å². The lowest BCUT2D eigenvalue weighted by Crippen LogP contribution is -2.58. The molecule has 4 N–H and O–H groups in total. The number of likely N-dealkylation sites (tertiary alicyclic amines) is 1. The van der Waals surface area contributed by atoms with Crippen LogP contribution in [0.15, 0.2) is 85.2 Å². The van der Waals surface area contributed by atoms with Gasteiger partial charge in [0, 0.05) is 50.8 Å². The van der Waals surface area contributed by atoms with Crippen molar-refractivity contribution < 1.29 is 33.0 Å². The van der Waals surface area contributed by atoms with Gasteiger partial charge in [-0.15, -0.1) is 0 Å². The van der Waals surface area contributed by atoms with Crippen molar-refractivity contribution in [3.05, 3.63) is 96.4 Å². The maximum Gasteiger partial charge on any atom is 0.274 e. The molecule has 3 aromatic heterocycles. The number of carbonyl (C=O) groups is 4. The predicted molar refractivity (Wildman–Crippen MR) is 240 cm³/mol. The number of hydrogen-bond acceptors (Lipinski definition) is 10. The van der Waals surface area contributed by atoms with Gasteiger partial charge in [-0.2, -0.15) is 10.2 Å². The molecule has 2 fully saturated rings. The van der Waals surface area contributed by atoms with Gasteiger partial charge >= 0.3 is 0 Å². The van der Waals surface area contributed by atoms with E-state index in [9.17, 15) is 23.6 Å². The Balaban J connectivity index is 0.910. The molecule has 5 aromatic rings. The molecule has 2 aliphatic heterocycles. The molecular weight excluding hydrogens is 820 g/mol. The second-order valence-corrected chi connectivity index (χ2v) is 17.5. The number of pyridine rings is 1. The Kier molecular flexibility index (Phi) is 14.1. The quantitative estimate of drug-likeness (QED) is 0.101. The van der Waals surface area contributed by atoms with Crippen molar-refractivity contribution in [3.8, 4) is 28.4 Å². The molecule has 0 radical (unpaired) electrons. The van der Waals surface area contributed by atoms with Gasteiger partial charge in [0.2, 0.25) is 17.7 Å². The smallest absolute Gasteiger partial charge is 0.274 e. The lowest BCUT2D eigenvalue weighted by atomic mass is 9.85. The molecular formula is C47H57FN10O6. The lowest BCUT2D eigenvalue weighted by Gasteiger charge is -2.38. The van der Waals surface area contributed by atoms with Crippen LogP contribution in [-0.4, -0.2) is 112 Å². The fourth-order valence-corrected chi connectivity index (χ4v) is 8.41. The molecule has 4 amide bonds. The molecule has 338 valence electrons. The SMILES string of the molecule is COc1cc(N2CC[C@H](OCC(=O)N[C@H](C(=O)N3CCC[C@H]3C(=O)N[C@H](CF)c3ccc(-c4ccnn4C)cc3)C(C)(C)C)[C@H](C)C2)ccc1NC(=O)c1cccc(-c2ccn[nH]2)n1. The molecule has 7 rings (SSSR count). The topological polar surface area (TPSA) is 189 Å².